The first-order valence-electron chi connectivity index (χ1n) is 4.26. The van der Waals surface area contributed by atoms with Crippen LogP contribution in [0.1, 0.15) is 19.3 Å². The quantitative estimate of drug-likeness (QED) is 0.722. The zero-order chi connectivity index (χ0) is 9.42. The molecule has 74 valence electrons. The Hall–Kier alpha value is -0.620. The van der Waals surface area contributed by atoms with Crippen molar-refractivity contribution in [2.75, 3.05) is 6.61 Å². The van der Waals surface area contributed by atoms with E-state index in [0.29, 0.717) is 5.92 Å². The van der Waals surface area contributed by atoms with E-state index in [1.165, 1.54) is 0 Å². The predicted octanol–water partition coefficient (Wildman–Crippen LogP) is 0.744. The summed E-state index contributed by atoms with van der Waals surface area (Å²) in [6.45, 7) is 0.273. The summed E-state index contributed by atoms with van der Waals surface area (Å²) in [5.74, 6) is 0.616. The standard InChI is InChI=1S/C7H11NO4S/c9-7(10)8-6(3-5-1-2-5)4-12-13(8)11/h5-6H,1-4H2,(H,9,10)/t6-,13?/m0/s1. The Labute approximate surface area is 78.5 Å². The second-order valence-electron chi connectivity index (χ2n) is 3.44. The maximum Gasteiger partial charge on any atom is 0.421 e. The van der Waals surface area contributed by atoms with Gasteiger partial charge in [0.15, 0.2) is 0 Å². The van der Waals surface area contributed by atoms with Crippen molar-refractivity contribution in [3.8, 4) is 0 Å². The summed E-state index contributed by atoms with van der Waals surface area (Å²) in [4.78, 5) is 10.7. The molecule has 5 nitrogen and oxygen atoms in total. The molecular weight excluding hydrogens is 194 g/mol. The molecule has 0 bridgehead atoms. The summed E-state index contributed by atoms with van der Waals surface area (Å²) >= 11 is -1.78. The second kappa shape index (κ2) is 3.26. The largest absolute Gasteiger partial charge is 0.464 e. The summed E-state index contributed by atoms with van der Waals surface area (Å²) in [7, 11) is 0. The molecule has 1 aliphatic carbocycles. The molecule has 1 N–H and O–H groups in total. The van der Waals surface area contributed by atoms with E-state index < -0.39 is 17.4 Å². The van der Waals surface area contributed by atoms with Crippen LogP contribution in [0.25, 0.3) is 0 Å². The molecule has 0 spiro atoms. The van der Waals surface area contributed by atoms with Crippen molar-refractivity contribution in [3.63, 3.8) is 0 Å². The van der Waals surface area contributed by atoms with E-state index in [-0.39, 0.29) is 12.6 Å². The molecular formula is C7H11NO4S. The van der Waals surface area contributed by atoms with Crippen LogP contribution in [0.5, 0.6) is 0 Å². The molecule has 13 heavy (non-hydrogen) atoms. The Bertz CT molecular complexity index is 253. The maximum absolute atomic E-state index is 11.1. The molecule has 1 amide bonds. The third-order valence-electron chi connectivity index (χ3n) is 2.34. The van der Waals surface area contributed by atoms with Crippen LogP contribution in [0.3, 0.4) is 0 Å². The van der Waals surface area contributed by atoms with Crippen LogP contribution >= 0.6 is 0 Å². The summed E-state index contributed by atoms with van der Waals surface area (Å²) in [6, 6.07) is -0.203. The number of amides is 1. The van der Waals surface area contributed by atoms with E-state index in [4.69, 9.17) is 9.29 Å². The molecule has 0 aromatic carbocycles. The van der Waals surface area contributed by atoms with Gasteiger partial charge in [0, 0.05) is 0 Å². The first-order chi connectivity index (χ1) is 6.18. The van der Waals surface area contributed by atoms with Crippen LogP contribution in [-0.4, -0.2) is 32.4 Å². The topological polar surface area (TPSA) is 66.8 Å². The third kappa shape index (κ3) is 1.83. The van der Waals surface area contributed by atoms with E-state index >= 15 is 0 Å². The third-order valence-corrected chi connectivity index (χ3v) is 3.46. The molecule has 2 fully saturated rings. The van der Waals surface area contributed by atoms with Crippen LogP contribution in [0.2, 0.25) is 0 Å². The Balaban J connectivity index is 2.00. The Morgan fingerprint density at radius 1 is 1.62 bits per heavy atom. The highest BCUT2D eigenvalue weighted by Crippen LogP contribution is 2.36. The van der Waals surface area contributed by atoms with Gasteiger partial charge in [-0.15, -0.1) is 0 Å². The summed E-state index contributed by atoms with van der Waals surface area (Å²) < 4.78 is 16.8. The van der Waals surface area contributed by atoms with Gasteiger partial charge < -0.3 is 5.11 Å². The number of carboxylic acid groups (broad SMARTS) is 1. The second-order valence-corrected chi connectivity index (χ2v) is 4.51. The zero-order valence-corrected chi connectivity index (χ0v) is 7.83. The number of rotatable bonds is 2. The first-order valence-corrected chi connectivity index (χ1v) is 5.29. The molecule has 1 unspecified atom stereocenters. The molecule has 0 aromatic rings. The van der Waals surface area contributed by atoms with Crippen molar-refractivity contribution in [2.45, 2.75) is 25.3 Å². The number of hydrogen-bond acceptors (Lipinski definition) is 3. The lowest BCUT2D eigenvalue weighted by Crippen LogP contribution is -2.36. The minimum Gasteiger partial charge on any atom is -0.464 e. The molecule has 2 aliphatic rings. The van der Waals surface area contributed by atoms with E-state index in [1.54, 1.807) is 0 Å². The van der Waals surface area contributed by atoms with Crippen LogP contribution < -0.4 is 0 Å². The molecule has 1 aliphatic heterocycles. The van der Waals surface area contributed by atoms with Crippen LogP contribution in [-0.2, 0) is 15.4 Å². The van der Waals surface area contributed by atoms with Gasteiger partial charge in [0.1, 0.15) is 0 Å². The van der Waals surface area contributed by atoms with Gasteiger partial charge in [0.25, 0.3) is 11.3 Å². The fourth-order valence-corrected chi connectivity index (χ4v) is 2.41. The fourth-order valence-electron chi connectivity index (χ4n) is 1.50. The monoisotopic (exact) mass is 205 g/mol. The number of hydrogen-bond donors (Lipinski definition) is 1. The molecule has 1 saturated heterocycles. The van der Waals surface area contributed by atoms with Gasteiger partial charge in [0.05, 0.1) is 12.6 Å². The smallest absolute Gasteiger partial charge is 0.421 e. The average molecular weight is 205 g/mol. The predicted molar refractivity (Wildman–Crippen MR) is 45.1 cm³/mol. The Kier molecular flexibility index (Phi) is 2.25. The molecule has 0 aromatic heterocycles. The van der Waals surface area contributed by atoms with E-state index in [2.05, 4.69) is 0 Å². The van der Waals surface area contributed by atoms with Crippen molar-refractivity contribution in [2.24, 2.45) is 5.92 Å². The van der Waals surface area contributed by atoms with E-state index in [0.717, 1.165) is 23.6 Å². The fraction of sp³-hybridized carbons (Fsp3) is 0.857. The maximum atomic E-state index is 11.1. The highest BCUT2D eigenvalue weighted by atomic mass is 32.2. The van der Waals surface area contributed by atoms with Gasteiger partial charge in [0.2, 0.25) is 0 Å². The number of nitrogens with zero attached hydrogens (tertiary/aromatic N) is 1. The molecule has 0 radical (unpaired) electrons. The van der Waals surface area contributed by atoms with E-state index in [9.17, 15) is 9.00 Å². The van der Waals surface area contributed by atoms with Crippen molar-refractivity contribution in [1.29, 1.82) is 0 Å². The van der Waals surface area contributed by atoms with Crippen molar-refractivity contribution < 1.29 is 18.3 Å². The lowest BCUT2D eigenvalue weighted by Gasteiger charge is -2.15. The first kappa shape index (κ1) is 8.96. The molecule has 1 heterocycles. The average Bonchev–Trinajstić information content (AvgIpc) is 2.76. The SMILES string of the molecule is O=C(O)N1[C@@H](CC2CC2)COS1=O. The Morgan fingerprint density at radius 2 is 2.31 bits per heavy atom. The normalized spacial score (nSPS) is 33.7. The summed E-state index contributed by atoms with van der Waals surface area (Å²) in [6.07, 6.45) is 1.96. The molecule has 6 heteroatoms. The highest BCUT2D eigenvalue weighted by molar-refractivity contribution is 7.78. The highest BCUT2D eigenvalue weighted by Gasteiger charge is 2.39. The van der Waals surface area contributed by atoms with Gasteiger partial charge in [-0.05, 0) is 12.3 Å². The van der Waals surface area contributed by atoms with Gasteiger partial charge >= 0.3 is 6.09 Å². The Morgan fingerprint density at radius 3 is 2.85 bits per heavy atom. The van der Waals surface area contributed by atoms with Crippen molar-refractivity contribution >= 4 is 17.4 Å². The van der Waals surface area contributed by atoms with Gasteiger partial charge in [-0.2, -0.15) is 4.31 Å². The molecule has 1 saturated carbocycles. The summed E-state index contributed by atoms with van der Waals surface area (Å²) in [5.41, 5.74) is 0. The van der Waals surface area contributed by atoms with E-state index in [1.807, 2.05) is 0 Å². The molecule has 2 rings (SSSR count). The minimum absolute atomic E-state index is 0.203. The van der Waals surface area contributed by atoms with Crippen LogP contribution in [0.15, 0.2) is 0 Å². The summed E-state index contributed by atoms with van der Waals surface area (Å²) in [5, 5.41) is 8.74. The van der Waals surface area contributed by atoms with Gasteiger partial charge in [-0.1, -0.05) is 12.8 Å². The van der Waals surface area contributed by atoms with Gasteiger partial charge in [-0.3, -0.25) is 4.18 Å². The van der Waals surface area contributed by atoms with Crippen LogP contribution in [0, 0.1) is 5.92 Å². The van der Waals surface area contributed by atoms with Crippen molar-refractivity contribution in [1.82, 2.24) is 4.31 Å². The number of carbonyl (C=O) groups is 1. The van der Waals surface area contributed by atoms with Gasteiger partial charge in [-0.25, -0.2) is 9.00 Å². The molecule has 2 atom stereocenters. The zero-order valence-electron chi connectivity index (χ0n) is 7.01. The minimum atomic E-state index is -1.78. The van der Waals surface area contributed by atoms with Crippen LogP contribution in [0.4, 0.5) is 4.79 Å². The lowest BCUT2D eigenvalue weighted by atomic mass is 10.1. The van der Waals surface area contributed by atoms with Crippen molar-refractivity contribution in [3.05, 3.63) is 0 Å². The lowest BCUT2D eigenvalue weighted by molar-refractivity contribution is 0.163.